The number of hydrogen-bond donors (Lipinski definition) is 1. The van der Waals surface area contributed by atoms with Gasteiger partial charge in [-0.05, 0) is 25.8 Å². The van der Waals surface area contributed by atoms with E-state index in [1.54, 1.807) is 0 Å². The first-order valence-corrected chi connectivity index (χ1v) is 21.4. The molecule has 0 aromatic carbocycles. The van der Waals surface area contributed by atoms with Crippen LogP contribution in [0.25, 0.3) is 0 Å². The number of aliphatic carboxylic acids is 1. The minimum Gasteiger partial charge on any atom is -0.478 e. The van der Waals surface area contributed by atoms with Gasteiger partial charge in [-0.1, -0.05) is 206 Å². The number of hydrogen-bond acceptors (Lipinski definition) is 5. The maximum Gasteiger partial charge on any atom is 0.338 e. The molecule has 0 spiro atoms. The van der Waals surface area contributed by atoms with Crippen LogP contribution < -0.4 is 0 Å². The summed E-state index contributed by atoms with van der Waals surface area (Å²) >= 11 is 0. The second kappa shape index (κ2) is 38.1. The van der Waals surface area contributed by atoms with E-state index < -0.39 is 17.9 Å². The molecule has 0 unspecified atom stereocenters. The minimum absolute atomic E-state index is 0.0405. The summed E-state index contributed by atoms with van der Waals surface area (Å²) in [6, 6.07) is 0. The number of carboxylic acids is 1. The Morgan fingerprint density at radius 1 is 0.420 bits per heavy atom. The van der Waals surface area contributed by atoms with Gasteiger partial charge in [0.05, 0.1) is 18.8 Å². The van der Waals surface area contributed by atoms with Crippen LogP contribution in [0.1, 0.15) is 226 Å². The number of esters is 2. The fraction of sp³-hybridized carbons (Fsp3) is 0.841. The molecule has 0 heterocycles. The Labute approximate surface area is 309 Å². The molecule has 6 heteroatoms. The average Bonchev–Trinajstić information content (AvgIpc) is 3.10. The quantitative estimate of drug-likeness (QED) is 0.0298. The second-order valence-electron chi connectivity index (χ2n) is 14.6. The molecule has 0 aliphatic carbocycles. The van der Waals surface area contributed by atoms with E-state index in [-0.39, 0.29) is 24.4 Å². The summed E-state index contributed by atoms with van der Waals surface area (Å²) in [6.45, 7) is 6.46. The zero-order valence-corrected chi connectivity index (χ0v) is 33.2. The molecule has 6 nitrogen and oxygen atoms in total. The van der Waals surface area contributed by atoms with E-state index in [4.69, 9.17) is 9.47 Å². The molecule has 0 radical (unpaired) electrons. The predicted molar refractivity (Wildman–Crippen MR) is 210 cm³/mol. The lowest BCUT2D eigenvalue weighted by Crippen LogP contribution is -2.12. The second-order valence-corrected chi connectivity index (χ2v) is 14.6. The van der Waals surface area contributed by atoms with Gasteiger partial charge in [0.25, 0.3) is 0 Å². The van der Waals surface area contributed by atoms with Crippen molar-refractivity contribution in [2.24, 2.45) is 0 Å². The van der Waals surface area contributed by atoms with E-state index in [2.05, 4.69) is 13.8 Å². The lowest BCUT2D eigenvalue weighted by Gasteiger charge is -2.07. The minimum atomic E-state index is -1.15. The topological polar surface area (TPSA) is 89.9 Å². The van der Waals surface area contributed by atoms with E-state index in [1.807, 2.05) is 0 Å². The van der Waals surface area contributed by atoms with E-state index in [9.17, 15) is 19.5 Å². The Morgan fingerprint density at radius 3 is 1.00 bits per heavy atom. The number of ether oxygens (including phenoxy) is 2. The third kappa shape index (κ3) is 34.3. The molecule has 0 fully saturated rings. The summed E-state index contributed by atoms with van der Waals surface area (Å²) in [5.41, 5.74) is -0.125. The maximum atomic E-state index is 12.7. The molecule has 0 amide bonds. The fourth-order valence-corrected chi connectivity index (χ4v) is 6.34. The standard InChI is InChI=1S/C44H80O6/c1-4-6-8-10-12-14-16-18-20-22-24-26-28-30-32-34-36-49-42(45)39-41(38-40(3)43(46)47)44(48)50-37-35-33-31-29-27-25-23-21-19-17-15-13-11-9-7-5-2/h38-39H,4-37H2,1-3H3,(H,46,47). The normalized spacial score (nSPS) is 12.0. The fourth-order valence-electron chi connectivity index (χ4n) is 6.34. The van der Waals surface area contributed by atoms with Crippen LogP contribution in [0.2, 0.25) is 0 Å². The van der Waals surface area contributed by atoms with Crippen LogP contribution >= 0.6 is 0 Å². The number of unbranched alkanes of at least 4 members (excludes halogenated alkanes) is 30. The molecule has 0 saturated heterocycles. The van der Waals surface area contributed by atoms with Crippen molar-refractivity contribution in [1.29, 1.82) is 0 Å². The zero-order valence-electron chi connectivity index (χ0n) is 33.2. The highest BCUT2D eigenvalue weighted by Gasteiger charge is 2.14. The van der Waals surface area contributed by atoms with Crippen LogP contribution in [0.5, 0.6) is 0 Å². The Kier molecular flexibility index (Phi) is 36.5. The van der Waals surface area contributed by atoms with Gasteiger partial charge in [0.1, 0.15) is 0 Å². The van der Waals surface area contributed by atoms with Crippen molar-refractivity contribution in [2.45, 2.75) is 226 Å². The van der Waals surface area contributed by atoms with Gasteiger partial charge >= 0.3 is 17.9 Å². The first kappa shape index (κ1) is 47.9. The zero-order chi connectivity index (χ0) is 36.8. The summed E-state index contributed by atoms with van der Waals surface area (Å²) in [5.74, 6) is -2.48. The van der Waals surface area contributed by atoms with Gasteiger partial charge in [-0.2, -0.15) is 0 Å². The Hall–Kier alpha value is -2.11. The number of carboxylic acid groups (broad SMARTS) is 1. The van der Waals surface area contributed by atoms with Crippen LogP contribution in [0, 0.1) is 0 Å². The summed E-state index contributed by atoms with van der Waals surface area (Å²) < 4.78 is 10.7. The largest absolute Gasteiger partial charge is 0.478 e. The van der Waals surface area contributed by atoms with Gasteiger partial charge in [0, 0.05) is 11.6 Å². The van der Waals surface area contributed by atoms with E-state index in [0.717, 1.165) is 44.6 Å². The van der Waals surface area contributed by atoms with Gasteiger partial charge in [0.15, 0.2) is 0 Å². The van der Waals surface area contributed by atoms with Gasteiger partial charge in [-0.15, -0.1) is 0 Å². The van der Waals surface area contributed by atoms with Crippen molar-refractivity contribution >= 4 is 17.9 Å². The molecule has 0 atom stereocenters. The van der Waals surface area contributed by atoms with Crippen molar-refractivity contribution in [1.82, 2.24) is 0 Å². The molecule has 0 aromatic rings. The monoisotopic (exact) mass is 705 g/mol. The molecule has 292 valence electrons. The third-order valence-corrected chi connectivity index (χ3v) is 9.69. The van der Waals surface area contributed by atoms with Crippen LogP contribution in [0.3, 0.4) is 0 Å². The molecular formula is C44H80O6. The van der Waals surface area contributed by atoms with Crippen LogP contribution in [-0.4, -0.2) is 36.2 Å². The molecule has 1 N–H and O–H groups in total. The van der Waals surface area contributed by atoms with Crippen molar-refractivity contribution < 1.29 is 29.0 Å². The van der Waals surface area contributed by atoms with E-state index in [1.165, 1.54) is 180 Å². The molecular weight excluding hydrogens is 624 g/mol. The Morgan fingerprint density at radius 2 is 0.700 bits per heavy atom. The van der Waals surface area contributed by atoms with Gasteiger partial charge < -0.3 is 14.6 Å². The summed E-state index contributed by atoms with van der Waals surface area (Å²) in [7, 11) is 0. The van der Waals surface area contributed by atoms with Crippen molar-refractivity contribution in [2.75, 3.05) is 13.2 Å². The Bertz CT molecular complexity index is 861. The highest BCUT2D eigenvalue weighted by molar-refractivity contribution is 6.00. The molecule has 0 aromatic heterocycles. The summed E-state index contributed by atoms with van der Waals surface area (Å²) in [6.07, 6.45) is 43.0. The molecule has 50 heavy (non-hydrogen) atoms. The smallest absolute Gasteiger partial charge is 0.338 e. The summed E-state index contributed by atoms with van der Waals surface area (Å²) in [4.78, 5) is 36.5. The number of carbonyl (C=O) groups is 3. The van der Waals surface area contributed by atoms with Gasteiger partial charge in [-0.3, -0.25) is 0 Å². The van der Waals surface area contributed by atoms with Crippen molar-refractivity contribution in [3.8, 4) is 0 Å². The summed E-state index contributed by atoms with van der Waals surface area (Å²) in [5, 5.41) is 9.28. The lowest BCUT2D eigenvalue weighted by atomic mass is 10.0. The number of carbonyl (C=O) groups excluding carboxylic acids is 2. The highest BCUT2D eigenvalue weighted by atomic mass is 16.5. The molecule has 0 bridgehead atoms. The lowest BCUT2D eigenvalue weighted by molar-refractivity contribution is -0.141. The first-order chi connectivity index (χ1) is 24.4. The number of rotatable bonds is 38. The van der Waals surface area contributed by atoms with Crippen LogP contribution in [-0.2, 0) is 23.9 Å². The maximum absolute atomic E-state index is 12.7. The average molecular weight is 705 g/mol. The van der Waals surface area contributed by atoms with Crippen molar-refractivity contribution in [3.63, 3.8) is 0 Å². The van der Waals surface area contributed by atoms with Crippen LogP contribution in [0.4, 0.5) is 0 Å². The van der Waals surface area contributed by atoms with E-state index >= 15 is 0 Å². The molecule has 0 aliphatic rings. The van der Waals surface area contributed by atoms with Crippen LogP contribution in [0.15, 0.2) is 23.3 Å². The molecule has 0 aliphatic heterocycles. The third-order valence-electron chi connectivity index (χ3n) is 9.69. The molecule has 0 rings (SSSR count). The first-order valence-electron chi connectivity index (χ1n) is 21.4. The highest BCUT2D eigenvalue weighted by Crippen LogP contribution is 2.16. The van der Waals surface area contributed by atoms with Gasteiger partial charge in [0.2, 0.25) is 0 Å². The van der Waals surface area contributed by atoms with E-state index in [0.29, 0.717) is 0 Å². The predicted octanol–water partition coefficient (Wildman–Crippen LogP) is 13.6. The van der Waals surface area contributed by atoms with Crippen molar-refractivity contribution in [3.05, 3.63) is 23.3 Å². The van der Waals surface area contributed by atoms with Gasteiger partial charge in [-0.25, -0.2) is 14.4 Å². The molecule has 0 saturated carbocycles. The SMILES string of the molecule is CCCCCCCCCCCCCCCCCCOC(=O)C=C(C=C(C)C(=O)O)C(=O)OCCCCCCCCCCCCCCCCCC. The Balaban J connectivity index is 3.99.